The molecule has 5 heteroatoms. The number of anilines is 1. The normalized spacial score (nSPS) is 10.7. The van der Waals surface area contributed by atoms with Crippen LogP contribution in [0.4, 0.5) is 5.95 Å². The van der Waals surface area contributed by atoms with Crippen LogP contribution in [-0.4, -0.2) is 27.2 Å². The molecule has 5 nitrogen and oxygen atoms in total. The van der Waals surface area contributed by atoms with Crippen LogP contribution in [0, 0.1) is 0 Å². The molecule has 0 aliphatic carbocycles. The van der Waals surface area contributed by atoms with E-state index in [1.54, 1.807) is 0 Å². The van der Waals surface area contributed by atoms with E-state index < -0.39 is 0 Å². The quantitative estimate of drug-likeness (QED) is 0.783. The van der Waals surface area contributed by atoms with Crippen molar-refractivity contribution < 1.29 is 0 Å². The molecule has 1 aromatic heterocycles. The highest BCUT2D eigenvalue weighted by molar-refractivity contribution is 5.49. The molecule has 0 radical (unpaired) electrons. The Morgan fingerprint density at radius 2 is 2.13 bits per heavy atom. The number of nitrogens with one attached hydrogen (secondary N) is 2. The number of aromatic nitrogens is 4. The standard InChI is InChI=1S/C10H11N5/c1-2-5-9(6-3-1)7-4-8-11-10-12-14-15-13-10/h1-7H,8H2,(H2,11,12,13,14,15)/b7-4+. The molecule has 2 aromatic rings. The molecule has 2 rings (SSSR count). The van der Waals surface area contributed by atoms with Crippen LogP contribution in [0.3, 0.4) is 0 Å². The molecule has 0 spiro atoms. The number of benzene rings is 1. The number of hydrogen-bond donors (Lipinski definition) is 2. The lowest BCUT2D eigenvalue weighted by atomic mass is 10.2. The van der Waals surface area contributed by atoms with Crippen LogP contribution >= 0.6 is 0 Å². The number of rotatable bonds is 4. The van der Waals surface area contributed by atoms with Crippen LogP contribution in [0.15, 0.2) is 36.4 Å². The molecule has 2 N–H and O–H groups in total. The first-order valence-electron chi connectivity index (χ1n) is 4.64. The number of aromatic amines is 1. The summed E-state index contributed by atoms with van der Waals surface area (Å²) in [5, 5.41) is 16.3. The van der Waals surface area contributed by atoms with Gasteiger partial charge in [-0.2, -0.15) is 5.21 Å². The van der Waals surface area contributed by atoms with Crippen LogP contribution in [-0.2, 0) is 0 Å². The van der Waals surface area contributed by atoms with Crippen LogP contribution in [0.1, 0.15) is 5.56 Å². The Hall–Kier alpha value is -2.17. The molecule has 76 valence electrons. The zero-order valence-electron chi connectivity index (χ0n) is 8.09. The van der Waals surface area contributed by atoms with E-state index in [-0.39, 0.29) is 0 Å². The maximum atomic E-state index is 3.77. The minimum Gasteiger partial charge on any atom is -0.348 e. The third-order valence-corrected chi connectivity index (χ3v) is 1.83. The van der Waals surface area contributed by atoms with Crippen molar-refractivity contribution >= 4 is 12.0 Å². The number of H-pyrrole nitrogens is 1. The Kier molecular flexibility index (Phi) is 3.07. The lowest BCUT2D eigenvalue weighted by Crippen LogP contribution is -1.99. The van der Waals surface area contributed by atoms with Crippen molar-refractivity contribution in [1.29, 1.82) is 0 Å². The topological polar surface area (TPSA) is 66.5 Å². The maximum absolute atomic E-state index is 3.77. The molecular weight excluding hydrogens is 190 g/mol. The van der Waals surface area contributed by atoms with Gasteiger partial charge in [0.15, 0.2) is 0 Å². The Morgan fingerprint density at radius 3 is 2.87 bits per heavy atom. The highest BCUT2D eigenvalue weighted by Crippen LogP contribution is 2.00. The summed E-state index contributed by atoms with van der Waals surface area (Å²) < 4.78 is 0. The van der Waals surface area contributed by atoms with Gasteiger partial charge in [-0.15, -0.1) is 5.10 Å². The van der Waals surface area contributed by atoms with Gasteiger partial charge in [0, 0.05) is 6.54 Å². The Labute approximate surface area is 87.2 Å². The molecule has 0 aliphatic rings. The highest BCUT2D eigenvalue weighted by atomic mass is 15.5. The van der Waals surface area contributed by atoms with Crippen molar-refractivity contribution in [3.8, 4) is 0 Å². The molecular formula is C10H11N5. The first-order valence-corrected chi connectivity index (χ1v) is 4.64. The third-order valence-electron chi connectivity index (χ3n) is 1.83. The minimum atomic E-state index is 0.507. The first-order chi connectivity index (χ1) is 7.45. The molecule has 15 heavy (non-hydrogen) atoms. The van der Waals surface area contributed by atoms with E-state index in [2.05, 4.69) is 25.9 Å². The molecule has 0 amide bonds. The van der Waals surface area contributed by atoms with Gasteiger partial charge in [0.2, 0.25) is 0 Å². The van der Waals surface area contributed by atoms with E-state index >= 15 is 0 Å². The lowest BCUT2D eigenvalue weighted by molar-refractivity contribution is 0.881. The van der Waals surface area contributed by atoms with Gasteiger partial charge >= 0.3 is 0 Å². The summed E-state index contributed by atoms with van der Waals surface area (Å²) in [5.41, 5.74) is 1.17. The number of tetrazole rings is 1. The van der Waals surface area contributed by atoms with Gasteiger partial charge < -0.3 is 5.32 Å². The fraction of sp³-hybridized carbons (Fsp3) is 0.100. The first kappa shape index (κ1) is 9.39. The Balaban J connectivity index is 1.81. The summed E-state index contributed by atoms with van der Waals surface area (Å²) in [6, 6.07) is 10.1. The second-order valence-corrected chi connectivity index (χ2v) is 2.93. The predicted octanol–water partition coefficient (Wildman–Crippen LogP) is 1.32. The van der Waals surface area contributed by atoms with E-state index in [9.17, 15) is 0 Å². The minimum absolute atomic E-state index is 0.507. The lowest BCUT2D eigenvalue weighted by Gasteiger charge is -1.94. The second-order valence-electron chi connectivity index (χ2n) is 2.93. The largest absolute Gasteiger partial charge is 0.348 e. The van der Waals surface area contributed by atoms with Gasteiger partial charge in [0.1, 0.15) is 0 Å². The van der Waals surface area contributed by atoms with Gasteiger partial charge in [-0.25, -0.2) is 0 Å². The van der Waals surface area contributed by atoms with Gasteiger partial charge in [-0.3, -0.25) is 0 Å². The highest BCUT2D eigenvalue weighted by Gasteiger charge is 1.91. The predicted molar refractivity (Wildman–Crippen MR) is 58.1 cm³/mol. The molecule has 1 aromatic carbocycles. The summed E-state index contributed by atoms with van der Waals surface area (Å²) >= 11 is 0. The zero-order chi connectivity index (χ0) is 10.3. The number of nitrogens with zero attached hydrogens (tertiary/aromatic N) is 3. The van der Waals surface area contributed by atoms with Crippen molar-refractivity contribution in [2.24, 2.45) is 0 Å². The van der Waals surface area contributed by atoms with E-state index in [4.69, 9.17) is 0 Å². The molecule has 1 heterocycles. The van der Waals surface area contributed by atoms with Crippen LogP contribution in [0.5, 0.6) is 0 Å². The molecule has 0 atom stereocenters. The summed E-state index contributed by atoms with van der Waals surface area (Å²) in [6.45, 7) is 0.675. The van der Waals surface area contributed by atoms with Crippen molar-refractivity contribution in [2.75, 3.05) is 11.9 Å². The van der Waals surface area contributed by atoms with Gasteiger partial charge in [0.25, 0.3) is 5.95 Å². The smallest absolute Gasteiger partial charge is 0.263 e. The fourth-order valence-electron chi connectivity index (χ4n) is 1.15. The summed E-state index contributed by atoms with van der Waals surface area (Å²) in [6.07, 6.45) is 4.04. The Morgan fingerprint density at radius 1 is 1.27 bits per heavy atom. The fourth-order valence-corrected chi connectivity index (χ4v) is 1.15. The van der Waals surface area contributed by atoms with Crippen molar-refractivity contribution in [3.05, 3.63) is 42.0 Å². The molecule has 0 saturated heterocycles. The monoisotopic (exact) mass is 201 g/mol. The average Bonchev–Trinajstić information content (AvgIpc) is 2.79. The third kappa shape index (κ3) is 2.91. The summed E-state index contributed by atoms with van der Waals surface area (Å²) in [7, 11) is 0. The van der Waals surface area contributed by atoms with Crippen LogP contribution in [0.2, 0.25) is 0 Å². The maximum Gasteiger partial charge on any atom is 0.263 e. The van der Waals surface area contributed by atoms with Gasteiger partial charge in [-0.1, -0.05) is 47.6 Å². The van der Waals surface area contributed by atoms with Crippen molar-refractivity contribution in [3.63, 3.8) is 0 Å². The van der Waals surface area contributed by atoms with Crippen LogP contribution in [0.25, 0.3) is 6.08 Å². The van der Waals surface area contributed by atoms with Gasteiger partial charge in [-0.05, 0) is 10.8 Å². The van der Waals surface area contributed by atoms with E-state index in [0.29, 0.717) is 12.5 Å². The van der Waals surface area contributed by atoms with Crippen molar-refractivity contribution in [1.82, 2.24) is 20.6 Å². The van der Waals surface area contributed by atoms with Crippen LogP contribution < -0.4 is 5.32 Å². The van der Waals surface area contributed by atoms with Gasteiger partial charge in [0.05, 0.1) is 0 Å². The van der Waals surface area contributed by atoms with E-state index in [0.717, 1.165) is 0 Å². The SMILES string of the molecule is C(=C\c1ccccc1)/CNc1nn[nH]n1. The molecule has 0 bridgehead atoms. The molecule has 0 fully saturated rings. The zero-order valence-corrected chi connectivity index (χ0v) is 8.09. The Bertz CT molecular complexity index is 407. The van der Waals surface area contributed by atoms with E-state index in [1.807, 2.05) is 42.5 Å². The molecule has 0 saturated carbocycles. The average molecular weight is 201 g/mol. The van der Waals surface area contributed by atoms with E-state index in [1.165, 1.54) is 5.56 Å². The molecule has 0 aliphatic heterocycles. The second kappa shape index (κ2) is 4.90. The summed E-state index contributed by atoms with van der Waals surface area (Å²) in [4.78, 5) is 0. The number of hydrogen-bond acceptors (Lipinski definition) is 4. The summed E-state index contributed by atoms with van der Waals surface area (Å²) in [5.74, 6) is 0.507. The molecule has 0 unspecified atom stereocenters. The van der Waals surface area contributed by atoms with Crippen molar-refractivity contribution in [2.45, 2.75) is 0 Å².